The zero-order valence-corrected chi connectivity index (χ0v) is 20.4. The van der Waals surface area contributed by atoms with Crippen molar-refractivity contribution in [1.82, 2.24) is 10.3 Å². The highest BCUT2D eigenvalue weighted by Crippen LogP contribution is 2.25. The Hall–Kier alpha value is -3.52. The smallest absolute Gasteiger partial charge is 0.261 e. The maximum Gasteiger partial charge on any atom is 0.261 e. The van der Waals surface area contributed by atoms with Gasteiger partial charge in [0, 0.05) is 40.9 Å². The predicted molar refractivity (Wildman–Crippen MR) is 142 cm³/mol. The predicted octanol–water partition coefficient (Wildman–Crippen LogP) is 5.94. The third-order valence-corrected chi connectivity index (χ3v) is 7.30. The second-order valence-electron chi connectivity index (χ2n) is 8.18. The molecule has 6 nitrogen and oxygen atoms in total. The average molecular weight is 506 g/mol. The van der Waals surface area contributed by atoms with Crippen LogP contribution in [0.25, 0.3) is 21.7 Å². The summed E-state index contributed by atoms with van der Waals surface area (Å²) in [5.41, 5.74) is 2.52. The van der Waals surface area contributed by atoms with Gasteiger partial charge in [-0.2, -0.15) is 0 Å². The van der Waals surface area contributed by atoms with Gasteiger partial charge in [-0.05, 0) is 70.9 Å². The van der Waals surface area contributed by atoms with E-state index in [1.54, 1.807) is 30.3 Å². The van der Waals surface area contributed by atoms with Gasteiger partial charge in [-0.1, -0.05) is 41.9 Å². The normalized spacial score (nSPS) is 11.7. The maximum absolute atomic E-state index is 13.0. The molecule has 5 rings (SSSR count). The molecule has 8 heteroatoms. The number of H-pyrrole nitrogens is 1. The van der Waals surface area contributed by atoms with Gasteiger partial charge in [-0.25, -0.2) is 8.42 Å². The lowest BCUT2D eigenvalue weighted by Gasteiger charge is -2.11. The first-order valence-electron chi connectivity index (χ1n) is 11.2. The van der Waals surface area contributed by atoms with Gasteiger partial charge in [0.2, 0.25) is 0 Å². The molecule has 0 aliphatic carbocycles. The molecule has 0 saturated heterocycles. The van der Waals surface area contributed by atoms with Crippen molar-refractivity contribution < 1.29 is 13.2 Å². The minimum atomic E-state index is -3.73. The summed E-state index contributed by atoms with van der Waals surface area (Å²) >= 11 is 6.03. The topological polar surface area (TPSA) is 83.2 Å². The molecular weight excluding hydrogens is 482 g/mol. The summed E-state index contributed by atoms with van der Waals surface area (Å²) in [6, 6.07) is 25.6. The molecule has 0 radical (unpaired) electrons. The summed E-state index contributed by atoms with van der Waals surface area (Å²) in [6.45, 7) is 1.76. The van der Waals surface area contributed by atoms with Crippen molar-refractivity contribution >= 4 is 49.0 Å². The SMILES string of the molecule is O=S(=O)(Nc1cccc(CNCCOc2cccc3[nH]ccc23)c1)c1ccc2cc(Cl)ccc2c1. The Morgan fingerprint density at radius 2 is 1.71 bits per heavy atom. The number of fused-ring (bicyclic) bond motifs is 2. The Morgan fingerprint density at radius 1 is 0.886 bits per heavy atom. The molecule has 0 aliphatic heterocycles. The molecule has 35 heavy (non-hydrogen) atoms. The number of hydrogen-bond acceptors (Lipinski definition) is 4. The van der Waals surface area contributed by atoms with Gasteiger partial charge in [0.05, 0.1) is 4.90 Å². The highest BCUT2D eigenvalue weighted by Gasteiger charge is 2.15. The van der Waals surface area contributed by atoms with Gasteiger partial charge >= 0.3 is 0 Å². The summed E-state index contributed by atoms with van der Waals surface area (Å²) in [5, 5.41) is 6.71. The average Bonchev–Trinajstić information content (AvgIpc) is 3.33. The molecule has 0 atom stereocenters. The second kappa shape index (κ2) is 10.00. The maximum atomic E-state index is 13.0. The fraction of sp³-hybridized carbons (Fsp3) is 0.111. The fourth-order valence-electron chi connectivity index (χ4n) is 3.97. The minimum absolute atomic E-state index is 0.199. The van der Waals surface area contributed by atoms with Gasteiger partial charge in [-0.3, -0.25) is 4.72 Å². The lowest BCUT2D eigenvalue weighted by Crippen LogP contribution is -2.20. The fourth-order valence-corrected chi connectivity index (χ4v) is 5.23. The standard InChI is InChI=1S/C27H24ClN3O3S/c28-22-9-7-21-17-24(10-8-20(21)16-22)35(32,33)31-23-4-1-3-19(15-23)18-29-13-14-34-27-6-2-5-26-25(27)11-12-30-26/h1-12,15-17,29-31H,13-14,18H2. The number of ether oxygens (including phenoxy) is 1. The molecule has 1 aromatic heterocycles. The highest BCUT2D eigenvalue weighted by atomic mass is 35.5. The zero-order chi connectivity index (χ0) is 24.3. The number of aromatic amines is 1. The van der Waals surface area contributed by atoms with Crippen molar-refractivity contribution in [2.24, 2.45) is 0 Å². The molecule has 3 N–H and O–H groups in total. The van der Waals surface area contributed by atoms with E-state index in [4.69, 9.17) is 16.3 Å². The second-order valence-corrected chi connectivity index (χ2v) is 10.3. The molecule has 1 heterocycles. The molecule has 178 valence electrons. The van der Waals surface area contributed by atoms with E-state index >= 15 is 0 Å². The minimum Gasteiger partial charge on any atom is -0.492 e. The monoisotopic (exact) mass is 505 g/mol. The Labute approximate surface area is 208 Å². The third kappa shape index (κ3) is 5.43. The summed E-state index contributed by atoms with van der Waals surface area (Å²) in [5.74, 6) is 0.846. The van der Waals surface area contributed by atoms with Crippen molar-refractivity contribution in [2.45, 2.75) is 11.4 Å². The van der Waals surface area contributed by atoms with Gasteiger partial charge in [0.1, 0.15) is 12.4 Å². The first kappa shape index (κ1) is 23.2. The Bertz CT molecular complexity index is 1600. The molecule has 0 aliphatic rings. The number of aromatic nitrogens is 1. The Morgan fingerprint density at radius 3 is 2.63 bits per heavy atom. The van der Waals surface area contributed by atoms with Gasteiger partial charge in [-0.15, -0.1) is 0 Å². The lowest BCUT2D eigenvalue weighted by molar-refractivity contribution is 0.317. The van der Waals surface area contributed by atoms with Crippen LogP contribution in [-0.4, -0.2) is 26.6 Å². The van der Waals surface area contributed by atoms with Crippen molar-refractivity contribution in [3.05, 3.63) is 102 Å². The molecule has 0 saturated carbocycles. The third-order valence-electron chi connectivity index (χ3n) is 5.68. The molecule has 0 amide bonds. The van der Waals surface area contributed by atoms with Gasteiger partial charge in [0.15, 0.2) is 0 Å². The van der Waals surface area contributed by atoms with E-state index in [1.807, 2.05) is 60.8 Å². The number of benzene rings is 4. The Balaban J connectivity index is 1.18. The molecule has 5 aromatic rings. The van der Waals surface area contributed by atoms with Crippen molar-refractivity contribution in [3.63, 3.8) is 0 Å². The van der Waals surface area contributed by atoms with Crippen LogP contribution in [0, 0.1) is 0 Å². The highest BCUT2D eigenvalue weighted by molar-refractivity contribution is 7.92. The van der Waals surface area contributed by atoms with E-state index in [1.165, 1.54) is 0 Å². The first-order chi connectivity index (χ1) is 17.0. The summed E-state index contributed by atoms with van der Waals surface area (Å²) < 4.78 is 34.5. The van der Waals surface area contributed by atoms with Crippen LogP contribution in [0.15, 0.2) is 96.0 Å². The molecule has 0 unspecified atom stereocenters. The quantitative estimate of drug-likeness (QED) is 0.216. The molecule has 0 spiro atoms. The summed E-state index contributed by atoms with van der Waals surface area (Å²) in [6.07, 6.45) is 1.90. The van der Waals surface area contributed by atoms with Crippen LogP contribution in [-0.2, 0) is 16.6 Å². The molecule has 0 bridgehead atoms. The van der Waals surface area contributed by atoms with Crippen LogP contribution in [0.3, 0.4) is 0 Å². The number of nitrogens with one attached hydrogen (secondary N) is 3. The van der Waals surface area contributed by atoms with Gasteiger partial charge in [0.25, 0.3) is 10.0 Å². The summed E-state index contributed by atoms with van der Waals surface area (Å²) in [4.78, 5) is 3.37. The van der Waals surface area contributed by atoms with Crippen LogP contribution in [0.5, 0.6) is 5.75 Å². The van der Waals surface area contributed by atoms with Crippen LogP contribution in [0.2, 0.25) is 5.02 Å². The first-order valence-corrected chi connectivity index (χ1v) is 13.0. The van der Waals surface area contributed by atoms with Crippen LogP contribution in [0.1, 0.15) is 5.56 Å². The van der Waals surface area contributed by atoms with Crippen molar-refractivity contribution in [1.29, 1.82) is 0 Å². The number of rotatable bonds is 9. The van der Waals surface area contributed by atoms with E-state index in [9.17, 15) is 8.42 Å². The van der Waals surface area contributed by atoms with Crippen LogP contribution in [0.4, 0.5) is 5.69 Å². The molecule has 4 aromatic carbocycles. The Kier molecular flexibility index (Phi) is 6.63. The van der Waals surface area contributed by atoms with Crippen molar-refractivity contribution in [2.75, 3.05) is 17.9 Å². The van der Waals surface area contributed by atoms with Gasteiger partial charge < -0.3 is 15.0 Å². The molecule has 0 fully saturated rings. The van der Waals surface area contributed by atoms with Crippen LogP contribution >= 0.6 is 11.6 Å². The van der Waals surface area contributed by atoms with E-state index in [-0.39, 0.29) is 4.90 Å². The van der Waals surface area contributed by atoms with E-state index in [2.05, 4.69) is 15.0 Å². The largest absolute Gasteiger partial charge is 0.492 e. The van der Waals surface area contributed by atoms with Crippen molar-refractivity contribution in [3.8, 4) is 5.75 Å². The van der Waals surface area contributed by atoms with E-state index in [0.29, 0.717) is 30.4 Å². The number of halogens is 1. The zero-order valence-electron chi connectivity index (χ0n) is 18.8. The number of anilines is 1. The molecular formula is C27H24ClN3O3S. The number of sulfonamides is 1. The summed E-state index contributed by atoms with van der Waals surface area (Å²) in [7, 11) is -3.73. The number of hydrogen-bond donors (Lipinski definition) is 3. The lowest BCUT2D eigenvalue weighted by atomic mass is 10.1. The van der Waals surface area contributed by atoms with E-state index < -0.39 is 10.0 Å². The van der Waals surface area contributed by atoms with Crippen LogP contribution < -0.4 is 14.8 Å². The van der Waals surface area contributed by atoms with E-state index in [0.717, 1.165) is 33.0 Å².